The van der Waals surface area contributed by atoms with Crippen molar-refractivity contribution in [3.63, 3.8) is 0 Å². The third-order valence-electron chi connectivity index (χ3n) is 3.80. The zero-order valence-electron chi connectivity index (χ0n) is 16.7. The lowest BCUT2D eigenvalue weighted by molar-refractivity contribution is -0.118. The summed E-state index contributed by atoms with van der Waals surface area (Å²) in [6.07, 6.45) is 2.78. The standard InChI is InChI=1S/C20H28N4O3S/c1-5-12-24-19(16-9-6-7-10-17(16)26-4)22-23-20(24)28-14-18(25)21-11-8-13-27-15(2)3/h5-7,9-10,15H,1,8,11-14H2,2-4H3,(H,21,25). The molecular formula is C20H28N4O3S. The highest BCUT2D eigenvalue weighted by Gasteiger charge is 2.17. The van der Waals surface area contributed by atoms with Crippen LogP contribution in [-0.4, -0.2) is 52.8 Å². The van der Waals surface area contributed by atoms with E-state index in [0.29, 0.717) is 30.7 Å². The van der Waals surface area contributed by atoms with E-state index in [1.165, 1.54) is 11.8 Å². The van der Waals surface area contributed by atoms with Gasteiger partial charge in [-0.1, -0.05) is 30.0 Å². The normalized spacial score (nSPS) is 10.9. The van der Waals surface area contributed by atoms with Crippen LogP contribution < -0.4 is 10.1 Å². The quantitative estimate of drug-likeness (QED) is 0.333. The first-order chi connectivity index (χ1) is 13.6. The van der Waals surface area contributed by atoms with Gasteiger partial charge in [-0.25, -0.2) is 0 Å². The third-order valence-corrected chi connectivity index (χ3v) is 4.77. The van der Waals surface area contributed by atoms with Crippen LogP contribution in [0, 0.1) is 0 Å². The van der Waals surface area contributed by atoms with Gasteiger partial charge in [0.1, 0.15) is 5.75 Å². The van der Waals surface area contributed by atoms with Crippen LogP contribution in [0.2, 0.25) is 0 Å². The van der Waals surface area contributed by atoms with Crippen molar-refractivity contribution < 1.29 is 14.3 Å². The first kappa shape index (κ1) is 22.0. The fourth-order valence-electron chi connectivity index (χ4n) is 2.52. The molecule has 0 bridgehead atoms. The Balaban J connectivity index is 1.98. The Morgan fingerprint density at radius 1 is 1.36 bits per heavy atom. The van der Waals surface area contributed by atoms with Crippen molar-refractivity contribution in [3.05, 3.63) is 36.9 Å². The molecular weight excluding hydrogens is 376 g/mol. The van der Waals surface area contributed by atoms with Crippen LogP contribution >= 0.6 is 11.8 Å². The van der Waals surface area contributed by atoms with E-state index in [0.717, 1.165) is 17.7 Å². The van der Waals surface area contributed by atoms with E-state index in [1.807, 2.05) is 42.7 Å². The molecule has 0 fully saturated rings. The Morgan fingerprint density at radius 3 is 2.86 bits per heavy atom. The Labute approximate surface area is 170 Å². The van der Waals surface area contributed by atoms with Crippen molar-refractivity contribution in [2.24, 2.45) is 0 Å². The minimum Gasteiger partial charge on any atom is -0.496 e. The number of aromatic nitrogens is 3. The summed E-state index contributed by atoms with van der Waals surface area (Å²) in [4.78, 5) is 12.1. The molecule has 0 spiro atoms. The molecule has 8 heteroatoms. The van der Waals surface area contributed by atoms with E-state index in [4.69, 9.17) is 9.47 Å². The van der Waals surface area contributed by atoms with Crippen LogP contribution in [0.3, 0.4) is 0 Å². The van der Waals surface area contributed by atoms with Gasteiger partial charge in [-0.2, -0.15) is 0 Å². The lowest BCUT2D eigenvalue weighted by Gasteiger charge is -2.11. The molecule has 2 rings (SSSR count). The summed E-state index contributed by atoms with van der Waals surface area (Å²) in [5.41, 5.74) is 0.848. The molecule has 1 aromatic heterocycles. The number of benzene rings is 1. The molecule has 1 heterocycles. The van der Waals surface area contributed by atoms with E-state index < -0.39 is 0 Å². The number of methoxy groups -OCH3 is 1. The Hall–Kier alpha value is -2.32. The molecule has 0 saturated carbocycles. The van der Waals surface area contributed by atoms with Gasteiger partial charge in [0.25, 0.3) is 0 Å². The van der Waals surface area contributed by atoms with E-state index >= 15 is 0 Å². The van der Waals surface area contributed by atoms with Gasteiger partial charge in [0, 0.05) is 19.7 Å². The Morgan fingerprint density at radius 2 is 2.14 bits per heavy atom. The Kier molecular flexibility index (Phi) is 9.03. The summed E-state index contributed by atoms with van der Waals surface area (Å²) in [6, 6.07) is 7.64. The average molecular weight is 405 g/mol. The molecule has 152 valence electrons. The van der Waals surface area contributed by atoms with Crippen LogP contribution in [0.4, 0.5) is 0 Å². The molecule has 0 aliphatic carbocycles. The second-order valence-electron chi connectivity index (χ2n) is 6.32. The fraction of sp³-hybridized carbons (Fsp3) is 0.450. The number of ether oxygens (including phenoxy) is 2. The number of carbonyl (C=O) groups excluding carboxylic acids is 1. The predicted molar refractivity (Wildman–Crippen MR) is 112 cm³/mol. The van der Waals surface area contributed by atoms with E-state index in [9.17, 15) is 4.79 Å². The van der Waals surface area contributed by atoms with Crippen molar-refractivity contribution in [3.8, 4) is 17.1 Å². The number of carbonyl (C=O) groups is 1. The molecule has 1 amide bonds. The van der Waals surface area contributed by atoms with Gasteiger partial charge in [0.2, 0.25) is 5.91 Å². The van der Waals surface area contributed by atoms with Gasteiger partial charge in [0.15, 0.2) is 11.0 Å². The van der Waals surface area contributed by atoms with Crippen molar-refractivity contribution >= 4 is 17.7 Å². The highest BCUT2D eigenvalue weighted by molar-refractivity contribution is 7.99. The number of amides is 1. The van der Waals surface area contributed by atoms with Crippen LogP contribution in [0.15, 0.2) is 42.1 Å². The number of nitrogens with zero attached hydrogens (tertiary/aromatic N) is 3. The lowest BCUT2D eigenvalue weighted by atomic mass is 10.2. The molecule has 1 N–H and O–H groups in total. The molecule has 0 radical (unpaired) electrons. The SMILES string of the molecule is C=CCn1c(SCC(=O)NCCCOC(C)C)nnc1-c1ccccc1OC. The maximum absolute atomic E-state index is 12.1. The maximum Gasteiger partial charge on any atom is 0.230 e. The number of rotatable bonds is 12. The van der Waals surface area contributed by atoms with E-state index in [-0.39, 0.29) is 17.8 Å². The van der Waals surface area contributed by atoms with Gasteiger partial charge in [0.05, 0.1) is 24.5 Å². The van der Waals surface area contributed by atoms with Crippen LogP contribution in [-0.2, 0) is 16.1 Å². The highest BCUT2D eigenvalue weighted by Crippen LogP contribution is 2.30. The largest absolute Gasteiger partial charge is 0.496 e. The third kappa shape index (κ3) is 6.38. The van der Waals surface area contributed by atoms with Crippen molar-refractivity contribution in [1.29, 1.82) is 0 Å². The van der Waals surface area contributed by atoms with Gasteiger partial charge in [-0.15, -0.1) is 16.8 Å². The van der Waals surface area contributed by atoms with Gasteiger partial charge in [-0.05, 0) is 32.4 Å². The number of hydrogen-bond donors (Lipinski definition) is 1. The second kappa shape index (κ2) is 11.5. The minimum atomic E-state index is -0.0402. The summed E-state index contributed by atoms with van der Waals surface area (Å²) >= 11 is 1.35. The summed E-state index contributed by atoms with van der Waals surface area (Å²) in [7, 11) is 1.62. The van der Waals surface area contributed by atoms with Crippen molar-refractivity contribution in [2.75, 3.05) is 26.0 Å². The van der Waals surface area contributed by atoms with Crippen molar-refractivity contribution in [2.45, 2.75) is 38.1 Å². The lowest BCUT2D eigenvalue weighted by Crippen LogP contribution is -2.27. The van der Waals surface area contributed by atoms with Gasteiger partial charge < -0.3 is 14.8 Å². The summed E-state index contributed by atoms with van der Waals surface area (Å²) in [5.74, 6) is 1.64. The number of hydrogen-bond acceptors (Lipinski definition) is 6. The topological polar surface area (TPSA) is 78.3 Å². The molecule has 0 aliphatic rings. The number of thioether (sulfide) groups is 1. The monoisotopic (exact) mass is 404 g/mol. The van der Waals surface area contributed by atoms with Gasteiger partial charge >= 0.3 is 0 Å². The number of allylic oxidation sites excluding steroid dienone is 1. The zero-order chi connectivity index (χ0) is 20.4. The first-order valence-corrected chi connectivity index (χ1v) is 10.2. The molecule has 1 aromatic carbocycles. The maximum atomic E-state index is 12.1. The Bertz CT molecular complexity index is 777. The van der Waals surface area contributed by atoms with Crippen LogP contribution in [0.25, 0.3) is 11.4 Å². The number of para-hydroxylation sites is 1. The molecule has 0 saturated heterocycles. The highest BCUT2D eigenvalue weighted by atomic mass is 32.2. The molecule has 7 nitrogen and oxygen atoms in total. The zero-order valence-corrected chi connectivity index (χ0v) is 17.5. The minimum absolute atomic E-state index is 0.0402. The molecule has 0 aliphatic heterocycles. The van der Waals surface area contributed by atoms with Gasteiger partial charge in [-0.3, -0.25) is 9.36 Å². The fourth-order valence-corrected chi connectivity index (χ4v) is 3.30. The van der Waals surface area contributed by atoms with E-state index in [2.05, 4.69) is 22.1 Å². The summed E-state index contributed by atoms with van der Waals surface area (Å²) in [6.45, 7) is 9.57. The van der Waals surface area contributed by atoms with Crippen LogP contribution in [0.1, 0.15) is 20.3 Å². The van der Waals surface area contributed by atoms with Crippen molar-refractivity contribution in [1.82, 2.24) is 20.1 Å². The first-order valence-electron chi connectivity index (χ1n) is 9.25. The summed E-state index contributed by atoms with van der Waals surface area (Å²) in [5, 5.41) is 12.1. The average Bonchev–Trinajstić information content (AvgIpc) is 3.08. The molecule has 28 heavy (non-hydrogen) atoms. The van der Waals surface area contributed by atoms with E-state index in [1.54, 1.807) is 13.2 Å². The summed E-state index contributed by atoms with van der Waals surface area (Å²) < 4.78 is 12.8. The molecule has 0 atom stereocenters. The van der Waals surface area contributed by atoms with Crippen LogP contribution in [0.5, 0.6) is 5.75 Å². The second-order valence-corrected chi connectivity index (χ2v) is 7.26. The predicted octanol–water partition coefficient (Wildman–Crippen LogP) is 3.16. The molecule has 0 unspecified atom stereocenters. The number of nitrogens with one attached hydrogen (secondary N) is 1. The smallest absolute Gasteiger partial charge is 0.230 e. The molecule has 2 aromatic rings.